The molecule has 0 aliphatic heterocycles. The van der Waals surface area contributed by atoms with Crippen LogP contribution in [0.15, 0.2) is 24.3 Å². The molecule has 1 fully saturated rings. The maximum atomic E-state index is 11.9. The molecule has 0 spiro atoms. The summed E-state index contributed by atoms with van der Waals surface area (Å²) in [4.78, 5) is 22.8. The summed E-state index contributed by atoms with van der Waals surface area (Å²) in [5.74, 6) is -0.928. The van der Waals surface area contributed by atoms with Crippen molar-refractivity contribution in [1.82, 2.24) is 5.32 Å². The molecule has 0 unspecified atom stereocenters. The molecular formula is C14H15N3O3. The molecule has 3 N–H and O–H groups in total. The molecule has 6 nitrogen and oxygen atoms in total. The Labute approximate surface area is 116 Å². The summed E-state index contributed by atoms with van der Waals surface area (Å²) in [5.41, 5.74) is 0.123. The molecule has 1 aliphatic carbocycles. The molecule has 1 saturated carbocycles. The van der Waals surface area contributed by atoms with Gasteiger partial charge in [0.05, 0.1) is 23.2 Å². The second-order valence-electron chi connectivity index (χ2n) is 4.94. The van der Waals surface area contributed by atoms with Gasteiger partial charge in [-0.1, -0.05) is 12.1 Å². The lowest BCUT2D eigenvalue weighted by atomic mass is 9.74. The summed E-state index contributed by atoms with van der Waals surface area (Å²) < 4.78 is 0. The first kappa shape index (κ1) is 13.9. The molecule has 0 heterocycles. The van der Waals surface area contributed by atoms with Crippen LogP contribution >= 0.6 is 0 Å². The van der Waals surface area contributed by atoms with Crippen molar-refractivity contribution in [2.45, 2.75) is 31.2 Å². The fourth-order valence-electron chi connectivity index (χ4n) is 2.32. The van der Waals surface area contributed by atoms with E-state index in [0.717, 1.165) is 6.42 Å². The van der Waals surface area contributed by atoms with Crippen LogP contribution in [0.5, 0.6) is 0 Å². The van der Waals surface area contributed by atoms with E-state index in [0.29, 0.717) is 24.1 Å². The third-order valence-corrected chi connectivity index (χ3v) is 3.47. The number of anilines is 1. The standard InChI is InChI=1S/C14H15N3O3/c15-9-10-4-1-2-5-11(10)16-13(20)17-14(6-3-7-14)8-12(18)19/h1-2,4-5H,3,6-8H2,(H,18,19)(H2,16,17,20). The Hall–Kier alpha value is -2.55. The molecular weight excluding hydrogens is 258 g/mol. The Morgan fingerprint density at radius 1 is 1.35 bits per heavy atom. The van der Waals surface area contributed by atoms with Crippen LogP contribution in [-0.2, 0) is 4.79 Å². The number of carbonyl (C=O) groups excluding carboxylic acids is 1. The number of carbonyl (C=O) groups is 2. The zero-order chi connectivity index (χ0) is 14.6. The smallest absolute Gasteiger partial charge is 0.319 e. The molecule has 1 aromatic carbocycles. The van der Waals surface area contributed by atoms with E-state index in [-0.39, 0.29) is 6.42 Å². The number of nitrogens with one attached hydrogen (secondary N) is 2. The summed E-state index contributed by atoms with van der Waals surface area (Å²) >= 11 is 0. The highest BCUT2D eigenvalue weighted by atomic mass is 16.4. The normalized spacial score (nSPS) is 15.6. The largest absolute Gasteiger partial charge is 0.481 e. The van der Waals surface area contributed by atoms with E-state index < -0.39 is 17.5 Å². The van der Waals surface area contributed by atoms with Gasteiger partial charge < -0.3 is 15.7 Å². The number of carboxylic acids is 1. The van der Waals surface area contributed by atoms with Crippen LogP contribution in [0.1, 0.15) is 31.2 Å². The molecule has 104 valence electrons. The maximum Gasteiger partial charge on any atom is 0.319 e. The van der Waals surface area contributed by atoms with Crippen LogP contribution in [0.25, 0.3) is 0 Å². The molecule has 0 bridgehead atoms. The van der Waals surface area contributed by atoms with Crippen LogP contribution in [0.2, 0.25) is 0 Å². The molecule has 6 heteroatoms. The molecule has 2 rings (SSSR count). The average molecular weight is 273 g/mol. The van der Waals surface area contributed by atoms with E-state index in [1.807, 2.05) is 6.07 Å². The number of para-hydroxylation sites is 1. The third kappa shape index (κ3) is 3.06. The third-order valence-electron chi connectivity index (χ3n) is 3.47. The number of amides is 2. The second-order valence-corrected chi connectivity index (χ2v) is 4.94. The predicted octanol–water partition coefficient (Wildman–Crippen LogP) is 2.08. The lowest BCUT2D eigenvalue weighted by Gasteiger charge is -2.41. The zero-order valence-corrected chi connectivity index (χ0v) is 10.8. The number of hydrogen-bond acceptors (Lipinski definition) is 3. The number of hydrogen-bond donors (Lipinski definition) is 3. The lowest BCUT2D eigenvalue weighted by Crippen LogP contribution is -2.55. The SMILES string of the molecule is N#Cc1ccccc1NC(=O)NC1(CC(=O)O)CCC1. The Balaban J connectivity index is 2.02. The van der Waals surface area contributed by atoms with Gasteiger partial charge in [-0.3, -0.25) is 4.79 Å². The maximum absolute atomic E-state index is 11.9. The van der Waals surface area contributed by atoms with E-state index in [1.54, 1.807) is 24.3 Å². The van der Waals surface area contributed by atoms with E-state index in [9.17, 15) is 9.59 Å². The number of nitriles is 1. The van der Waals surface area contributed by atoms with Gasteiger partial charge in [-0.05, 0) is 31.4 Å². The van der Waals surface area contributed by atoms with Gasteiger partial charge in [0.25, 0.3) is 0 Å². The van der Waals surface area contributed by atoms with E-state index in [4.69, 9.17) is 10.4 Å². The van der Waals surface area contributed by atoms with Gasteiger partial charge in [0.15, 0.2) is 0 Å². The summed E-state index contributed by atoms with van der Waals surface area (Å²) in [7, 11) is 0. The predicted molar refractivity (Wildman–Crippen MR) is 72.1 cm³/mol. The van der Waals surface area contributed by atoms with Crippen molar-refractivity contribution < 1.29 is 14.7 Å². The monoisotopic (exact) mass is 273 g/mol. The Morgan fingerprint density at radius 2 is 2.05 bits per heavy atom. The van der Waals surface area contributed by atoms with Gasteiger partial charge in [-0.25, -0.2) is 4.79 Å². The van der Waals surface area contributed by atoms with Crippen molar-refractivity contribution >= 4 is 17.7 Å². The van der Waals surface area contributed by atoms with Crippen LogP contribution in [0, 0.1) is 11.3 Å². The molecule has 20 heavy (non-hydrogen) atoms. The van der Waals surface area contributed by atoms with Crippen molar-refractivity contribution in [2.75, 3.05) is 5.32 Å². The van der Waals surface area contributed by atoms with E-state index >= 15 is 0 Å². The molecule has 0 saturated heterocycles. The van der Waals surface area contributed by atoms with Crippen LogP contribution < -0.4 is 10.6 Å². The zero-order valence-electron chi connectivity index (χ0n) is 10.8. The van der Waals surface area contributed by atoms with Crippen molar-refractivity contribution in [2.24, 2.45) is 0 Å². The Morgan fingerprint density at radius 3 is 2.60 bits per heavy atom. The summed E-state index contributed by atoms with van der Waals surface area (Å²) in [5, 5.41) is 23.1. The first-order chi connectivity index (χ1) is 9.54. The van der Waals surface area contributed by atoms with Gasteiger partial charge in [0.1, 0.15) is 6.07 Å². The minimum absolute atomic E-state index is 0.0830. The molecule has 0 atom stereocenters. The Kier molecular flexibility index (Phi) is 3.89. The molecule has 1 aromatic rings. The van der Waals surface area contributed by atoms with Gasteiger partial charge >= 0.3 is 12.0 Å². The van der Waals surface area contributed by atoms with Gasteiger partial charge in [0, 0.05) is 0 Å². The highest BCUT2D eigenvalue weighted by Gasteiger charge is 2.40. The number of benzene rings is 1. The van der Waals surface area contributed by atoms with Crippen molar-refractivity contribution in [3.8, 4) is 6.07 Å². The number of urea groups is 1. The quantitative estimate of drug-likeness (QED) is 0.781. The number of nitrogens with zero attached hydrogens (tertiary/aromatic N) is 1. The first-order valence-corrected chi connectivity index (χ1v) is 6.35. The molecule has 1 aliphatic rings. The van der Waals surface area contributed by atoms with E-state index in [2.05, 4.69) is 10.6 Å². The van der Waals surface area contributed by atoms with E-state index in [1.165, 1.54) is 0 Å². The van der Waals surface area contributed by atoms with Gasteiger partial charge in [-0.15, -0.1) is 0 Å². The van der Waals surface area contributed by atoms with Gasteiger partial charge in [0.2, 0.25) is 0 Å². The average Bonchev–Trinajstić information content (AvgIpc) is 2.36. The van der Waals surface area contributed by atoms with Crippen molar-refractivity contribution in [3.05, 3.63) is 29.8 Å². The van der Waals surface area contributed by atoms with Gasteiger partial charge in [-0.2, -0.15) is 5.26 Å². The topological polar surface area (TPSA) is 102 Å². The highest BCUT2D eigenvalue weighted by molar-refractivity contribution is 5.91. The summed E-state index contributed by atoms with van der Waals surface area (Å²) in [6.07, 6.45) is 2.14. The van der Waals surface area contributed by atoms with Crippen LogP contribution in [0.4, 0.5) is 10.5 Å². The van der Waals surface area contributed by atoms with Crippen LogP contribution in [-0.4, -0.2) is 22.6 Å². The molecule has 0 radical (unpaired) electrons. The lowest BCUT2D eigenvalue weighted by molar-refractivity contribution is -0.139. The Bertz CT molecular complexity index is 573. The molecule has 2 amide bonds. The number of rotatable bonds is 4. The number of carboxylic acid groups (broad SMARTS) is 1. The van der Waals surface area contributed by atoms with Crippen LogP contribution in [0.3, 0.4) is 0 Å². The first-order valence-electron chi connectivity index (χ1n) is 6.35. The van der Waals surface area contributed by atoms with Crippen molar-refractivity contribution in [3.63, 3.8) is 0 Å². The second kappa shape index (κ2) is 5.61. The fourth-order valence-corrected chi connectivity index (χ4v) is 2.32. The fraction of sp³-hybridized carbons (Fsp3) is 0.357. The summed E-state index contributed by atoms with van der Waals surface area (Å²) in [6.45, 7) is 0. The minimum atomic E-state index is -0.928. The highest BCUT2D eigenvalue weighted by Crippen LogP contribution is 2.35. The number of aliphatic carboxylic acids is 1. The minimum Gasteiger partial charge on any atom is -0.481 e. The summed E-state index contributed by atoms with van der Waals surface area (Å²) in [6, 6.07) is 8.16. The molecule has 0 aromatic heterocycles. The van der Waals surface area contributed by atoms with Crippen molar-refractivity contribution in [1.29, 1.82) is 5.26 Å².